The molecule has 2 saturated heterocycles. The maximum atomic E-state index is 13.4. The highest BCUT2D eigenvalue weighted by Gasteiger charge is 2.54. The summed E-state index contributed by atoms with van der Waals surface area (Å²) in [6, 6.07) is 7.71. The van der Waals surface area contributed by atoms with Crippen LogP contribution in [0, 0.1) is 0 Å². The lowest BCUT2D eigenvalue weighted by Crippen LogP contribution is -2.62. The molecule has 0 atom stereocenters. The second-order valence-electron chi connectivity index (χ2n) is 7.85. The number of rotatable bonds is 6. The Hall–Kier alpha value is -2.25. The van der Waals surface area contributed by atoms with Gasteiger partial charge in [-0.3, -0.25) is 10.0 Å². The highest BCUT2D eigenvalue weighted by molar-refractivity contribution is 7.91. The molecular formula is C20H28ClN5O6S. The van der Waals surface area contributed by atoms with E-state index in [1.54, 1.807) is 5.48 Å². The number of benzene rings is 1. The normalized spacial score (nSPS) is 19.0. The summed E-state index contributed by atoms with van der Waals surface area (Å²) in [5.74, 6) is 0.221. The molecule has 2 fully saturated rings. The first-order valence-corrected chi connectivity index (χ1v) is 12.1. The number of aromatic nitrogens is 2. The molecule has 0 spiro atoms. The SMILES string of the molecule is CCc1nc(-c2ccc(N3CCN(S(=O)(=O)C4(C(=O)NO)CCOCC4)CC3)cc2)no1.Cl. The van der Waals surface area contributed by atoms with Crippen LogP contribution < -0.4 is 10.4 Å². The first kappa shape index (κ1) is 25.4. The third-order valence-corrected chi connectivity index (χ3v) is 8.78. The first-order valence-electron chi connectivity index (χ1n) is 10.6. The summed E-state index contributed by atoms with van der Waals surface area (Å²) in [6.45, 7) is 3.70. The number of aryl methyl sites for hydroxylation is 1. The second-order valence-corrected chi connectivity index (χ2v) is 10.1. The molecule has 3 heterocycles. The lowest BCUT2D eigenvalue weighted by molar-refractivity contribution is -0.134. The zero-order valence-corrected chi connectivity index (χ0v) is 19.9. The van der Waals surface area contributed by atoms with Gasteiger partial charge in [0.05, 0.1) is 0 Å². The molecule has 1 aromatic carbocycles. The number of halogens is 1. The minimum absolute atomic E-state index is 0. The van der Waals surface area contributed by atoms with Crippen LogP contribution in [0.2, 0.25) is 0 Å². The van der Waals surface area contributed by atoms with Crippen LogP contribution >= 0.6 is 12.4 Å². The van der Waals surface area contributed by atoms with E-state index < -0.39 is 20.7 Å². The molecule has 2 N–H and O–H groups in total. The summed E-state index contributed by atoms with van der Waals surface area (Å²) in [4.78, 5) is 18.8. The number of carbonyl (C=O) groups excluding carboxylic acids is 1. The average Bonchev–Trinajstić information content (AvgIpc) is 3.33. The molecule has 2 aliphatic heterocycles. The Balaban J connectivity index is 0.00000306. The molecule has 182 valence electrons. The molecule has 2 aliphatic rings. The van der Waals surface area contributed by atoms with E-state index in [0.717, 1.165) is 11.3 Å². The molecule has 0 unspecified atom stereocenters. The molecular weight excluding hydrogens is 474 g/mol. The van der Waals surface area contributed by atoms with Gasteiger partial charge in [0.2, 0.25) is 21.7 Å². The Morgan fingerprint density at radius 2 is 1.79 bits per heavy atom. The van der Waals surface area contributed by atoms with Crippen LogP contribution in [0.1, 0.15) is 25.7 Å². The van der Waals surface area contributed by atoms with E-state index in [9.17, 15) is 18.4 Å². The molecule has 0 aliphatic carbocycles. The molecule has 0 radical (unpaired) electrons. The number of sulfonamides is 1. The van der Waals surface area contributed by atoms with Crippen molar-refractivity contribution >= 4 is 34.0 Å². The molecule has 1 amide bonds. The van der Waals surface area contributed by atoms with Gasteiger partial charge in [0, 0.05) is 69.9 Å². The maximum Gasteiger partial charge on any atom is 0.266 e. The van der Waals surface area contributed by atoms with Gasteiger partial charge in [0.1, 0.15) is 0 Å². The molecule has 0 bridgehead atoms. The number of amides is 1. The summed E-state index contributed by atoms with van der Waals surface area (Å²) in [5.41, 5.74) is 3.35. The van der Waals surface area contributed by atoms with Crippen molar-refractivity contribution in [1.82, 2.24) is 19.9 Å². The van der Waals surface area contributed by atoms with E-state index in [2.05, 4.69) is 15.0 Å². The zero-order chi connectivity index (χ0) is 22.8. The number of piperazine rings is 1. The summed E-state index contributed by atoms with van der Waals surface area (Å²) in [5, 5.41) is 13.2. The summed E-state index contributed by atoms with van der Waals surface area (Å²) in [7, 11) is -3.98. The number of hydrogen-bond donors (Lipinski definition) is 2. The van der Waals surface area contributed by atoms with Crippen molar-refractivity contribution in [2.75, 3.05) is 44.3 Å². The van der Waals surface area contributed by atoms with Crippen LogP contribution in [-0.4, -0.2) is 78.1 Å². The van der Waals surface area contributed by atoms with Gasteiger partial charge in [-0.2, -0.15) is 9.29 Å². The minimum Gasteiger partial charge on any atom is -0.381 e. The van der Waals surface area contributed by atoms with Crippen molar-refractivity contribution in [2.45, 2.75) is 30.9 Å². The first-order chi connectivity index (χ1) is 15.4. The molecule has 11 nitrogen and oxygen atoms in total. The van der Waals surface area contributed by atoms with Crippen molar-refractivity contribution in [1.29, 1.82) is 0 Å². The predicted molar refractivity (Wildman–Crippen MR) is 122 cm³/mol. The summed E-state index contributed by atoms with van der Waals surface area (Å²) < 4.78 is 36.8. The summed E-state index contributed by atoms with van der Waals surface area (Å²) >= 11 is 0. The van der Waals surface area contributed by atoms with E-state index in [-0.39, 0.29) is 51.6 Å². The topological polar surface area (TPSA) is 138 Å². The second kappa shape index (κ2) is 10.3. The predicted octanol–water partition coefficient (Wildman–Crippen LogP) is 1.23. The van der Waals surface area contributed by atoms with Crippen molar-refractivity contribution in [3.63, 3.8) is 0 Å². The van der Waals surface area contributed by atoms with Gasteiger partial charge in [-0.1, -0.05) is 12.1 Å². The number of ether oxygens (including phenoxy) is 1. The Morgan fingerprint density at radius 1 is 1.15 bits per heavy atom. The van der Waals surface area contributed by atoms with Crippen LogP contribution in [0.3, 0.4) is 0 Å². The van der Waals surface area contributed by atoms with E-state index in [1.165, 1.54) is 4.31 Å². The largest absolute Gasteiger partial charge is 0.381 e. The van der Waals surface area contributed by atoms with Crippen LogP contribution in [0.4, 0.5) is 5.69 Å². The van der Waals surface area contributed by atoms with E-state index >= 15 is 0 Å². The van der Waals surface area contributed by atoms with Gasteiger partial charge < -0.3 is 14.2 Å². The number of nitrogens with zero attached hydrogens (tertiary/aromatic N) is 4. The monoisotopic (exact) mass is 501 g/mol. The van der Waals surface area contributed by atoms with E-state index in [0.29, 0.717) is 31.2 Å². The number of hydrogen-bond acceptors (Lipinski definition) is 9. The van der Waals surface area contributed by atoms with E-state index in [1.807, 2.05) is 31.2 Å². The van der Waals surface area contributed by atoms with Crippen molar-refractivity contribution in [3.05, 3.63) is 30.2 Å². The standard InChI is InChI=1S/C20H27N5O6S.ClH/c1-2-17-21-18(23-31-17)15-3-5-16(6-4-15)24-9-11-25(12-10-24)32(28,29)20(19(26)22-27)7-13-30-14-8-20;/h3-6,27H,2,7-14H2,1H3,(H,22,26);1H. The fourth-order valence-corrected chi connectivity index (χ4v) is 6.28. The van der Waals surface area contributed by atoms with Gasteiger partial charge in [0.25, 0.3) is 5.91 Å². The molecule has 2 aromatic rings. The fourth-order valence-electron chi connectivity index (χ4n) is 4.18. The number of carbonyl (C=O) groups is 1. The Morgan fingerprint density at radius 3 is 2.33 bits per heavy atom. The molecule has 33 heavy (non-hydrogen) atoms. The van der Waals surface area contributed by atoms with Crippen molar-refractivity contribution in [2.24, 2.45) is 0 Å². The fraction of sp³-hybridized carbons (Fsp3) is 0.550. The average molecular weight is 502 g/mol. The van der Waals surface area contributed by atoms with Crippen LogP contribution in [0.15, 0.2) is 28.8 Å². The smallest absolute Gasteiger partial charge is 0.266 e. The molecule has 13 heteroatoms. The third kappa shape index (κ3) is 4.71. The lowest BCUT2D eigenvalue weighted by Gasteiger charge is -2.42. The number of hydroxylamine groups is 1. The van der Waals surface area contributed by atoms with Gasteiger partial charge >= 0.3 is 0 Å². The van der Waals surface area contributed by atoms with Crippen LogP contribution in [-0.2, 0) is 26.0 Å². The Kier molecular flexibility index (Phi) is 7.96. The third-order valence-electron chi connectivity index (χ3n) is 6.15. The maximum absolute atomic E-state index is 13.4. The van der Waals surface area contributed by atoms with Crippen molar-refractivity contribution in [3.8, 4) is 11.4 Å². The summed E-state index contributed by atoms with van der Waals surface area (Å²) in [6.07, 6.45) is 0.699. The Labute approximate surface area is 198 Å². The number of nitrogens with one attached hydrogen (secondary N) is 1. The van der Waals surface area contributed by atoms with E-state index in [4.69, 9.17) is 9.26 Å². The van der Waals surface area contributed by atoms with Gasteiger partial charge in [0.15, 0.2) is 4.75 Å². The highest BCUT2D eigenvalue weighted by atomic mass is 35.5. The quantitative estimate of drug-likeness (QED) is 0.442. The van der Waals surface area contributed by atoms with Gasteiger partial charge in [-0.05, 0) is 24.3 Å². The van der Waals surface area contributed by atoms with Gasteiger partial charge in [-0.15, -0.1) is 12.4 Å². The molecule has 0 saturated carbocycles. The zero-order valence-electron chi connectivity index (χ0n) is 18.3. The Bertz CT molecular complexity index is 1050. The van der Waals surface area contributed by atoms with Crippen LogP contribution in [0.5, 0.6) is 0 Å². The lowest BCUT2D eigenvalue weighted by atomic mass is 9.98. The minimum atomic E-state index is -3.98. The number of anilines is 1. The van der Waals surface area contributed by atoms with Crippen molar-refractivity contribution < 1.29 is 27.7 Å². The highest BCUT2D eigenvalue weighted by Crippen LogP contribution is 2.34. The molecule has 4 rings (SSSR count). The molecule has 1 aromatic heterocycles. The van der Waals surface area contributed by atoms with Gasteiger partial charge in [-0.25, -0.2) is 13.9 Å². The van der Waals surface area contributed by atoms with Crippen LogP contribution in [0.25, 0.3) is 11.4 Å².